The Bertz CT molecular complexity index is 1540. The number of rotatable bonds is 9. The molecule has 1 N–H and O–H groups in total. The highest BCUT2D eigenvalue weighted by Crippen LogP contribution is 2.34. The van der Waals surface area contributed by atoms with Gasteiger partial charge in [-0.1, -0.05) is 0 Å². The zero-order valence-corrected chi connectivity index (χ0v) is 22.6. The number of hydrogen-bond acceptors (Lipinski definition) is 10. The van der Waals surface area contributed by atoms with E-state index in [4.69, 9.17) is 19.2 Å². The van der Waals surface area contributed by atoms with Crippen LogP contribution >= 0.6 is 0 Å². The van der Waals surface area contributed by atoms with Crippen molar-refractivity contribution >= 4 is 28.2 Å². The van der Waals surface area contributed by atoms with Crippen LogP contribution in [0.15, 0.2) is 54.9 Å². The summed E-state index contributed by atoms with van der Waals surface area (Å²) in [5.41, 5.74) is 4.05. The molecule has 4 aromatic rings. The maximum Gasteiger partial charge on any atom is 0.212 e. The smallest absolute Gasteiger partial charge is 0.212 e. The van der Waals surface area contributed by atoms with E-state index in [1.807, 2.05) is 42.6 Å². The number of fused-ring (bicyclic) bond motifs is 1. The fourth-order valence-corrected chi connectivity index (χ4v) is 4.99. The largest absolute Gasteiger partial charge is 0.493 e. The van der Waals surface area contributed by atoms with Gasteiger partial charge in [0.25, 0.3) is 0 Å². The Balaban J connectivity index is 1.19. The van der Waals surface area contributed by atoms with Gasteiger partial charge in [-0.05, 0) is 43.2 Å². The molecule has 0 spiro atoms. The van der Waals surface area contributed by atoms with Gasteiger partial charge >= 0.3 is 0 Å². The van der Waals surface area contributed by atoms with Gasteiger partial charge in [0.05, 0.1) is 31.6 Å². The van der Waals surface area contributed by atoms with E-state index in [9.17, 15) is 5.26 Å². The molecule has 2 aromatic carbocycles. The lowest BCUT2D eigenvalue weighted by Crippen LogP contribution is -2.47. The molecule has 6 rings (SSSR count). The topological polar surface area (TPSA) is 109 Å². The van der Waals surface area contributed by atoms with E-state index < -0.39 is 0 Å². The van der Waals surface area contributed by atoms with Crippen LogP contribution in [-0.4, -0.2) is 66.3 Å². The minimum atomic E-state index is 0.333. The predicted octanol–water partition coefficient (Wildman–Crippen LogP) is 4.52. The van der Waals surface area contributed by atoms with Crippen molar-refractivity contribution in [1.82, 2.24) is 19.9 Å². The lowest BCUT2D eigenvalue weighted by Gasteiger charge is -2.35. The SMILES string of the molecule is COc1ccc(COc2ccc(Nc3ccc4ncc(N5CCN(C6CC6)CC5)nc4c3C#N)cc2OC)cn1. The maximum atomic E-state index is 10.1. The molecule has 0 unspecified atom stereocenters. The second-order valence-corrected chi connectivity index (χ2v) is 9.94. The van der Waals surface area contributed by atoms with E-state index in [0.717, 1.165) is 49.3 Å². The fraction of sp³-hybridized carbons (Fsp3) is 0.333. The summed E-state index contributed by atoms with van der Waals surface area (Å²) in [4.78, 5) is 18.6. The van der Waals surface area contributed by atoms with Gasteiger partial charge in [-0.2, -0.15) is 5.26 Å². The number of pyridine rings is 1. The lowest BCUT2D eigenvalue weighted by molar-refractivity contribution is 0.247. The first-order chi connectivity index (χ1) is 19.6. The number of ether oxygens (including phenoxy) is 3. The number of piperazine rings is 1. The summed E-state index contributed by atoms with van der Waals surface area (Å²) in [6.07, 6.45) is 6.17. The molecule has 0 amide bonds. The van der Waals surface area contributed by atoms with Crippen molar-refractivity contribution in [3.63, 3.8) is 0 Å². The number of aromatic nitrogens is 3. The number of anilines is 3. The Morgan fingerprint density at radius 2 is 1.80 bits per heavy atom. The summed E-state index contributed by atoms with van der Waals surface area (Å²) in [6.45, 7) is 4.24. The number of benzene rings is 2. The van der Waals surface area contributed by atoms with Gasteiger partial charge in [0, 0.05) is 61.8 Å². The third kappa shape index (κ3) is 5.42. The monoisotopic (exact) mass is 537 g/mol. The average Bonchev–Trinajstić information content (AvgIpc) is 3.86. The Morgan fingerprint density at radius 1 is 0.950 bits per heavy atom. The van der Waals surface area contributed by atoms with Crippen molar-refractivity contribution < 1.29 is 14.2 Å². The molecule has 1 saturated heterocycles. The normalized spacial score (nSPS) is 15.5. The molecule has 2 aliphatic rings. The van der Waals surface area contributed by atoms with Crippen LogP contribution in [0.25, 0.3) is 11.0 Å². The first-order valence-electron chi connectivity index (χ1n) is 13.4. The molecule has 1 aliphatic carbocycles. The molecule has 3 heterocycles. The van der Waals surface area contributed by atoms with E-state index in [0.29, 0.717) is 46.3 Å². The Hall–Kier alpha value is -4.62. The number of nitrogens with zero attached hydrogens (tertiary/aromatic N) is 6. The number of hydrogen-bond donors (Lipinski definition) is 1. The van der Waals surface area contributed by atoms with E-state index in [1.165, 1.54) is 12.8 Å². The summed E-state index contributed by atoms with van der Waals surface area (Å²) in [6, 6.07) is 16.1. The minimum Gasteiger partial charge on any atom is -0.493 e. The van der Waals surface area contributed by atoms with Gasteiger partial charge in [0.15, 0.2) is 11.5 Å². The van der Waals surface area contributed by atoms with Crippen LogP contribution in [0, 0.1) is 11.3 Å². The fourth-order valence-electron chi connectivity index (χ4n) is 4.99. The molecular weight excluding hydrogens is 506 g/mol. The van der Waals surface area contributed by atoms with Gasteiger partial charge < -0.3 is 24.4 Å². The zero-order valence-electron chi connectivity index (χ0n) is 22.6. The van der Waals surface area contributed by atoms with Gasteiger partial charge in [-0.25, -0.2) is 9.97 Å². The second kappa shape index (κ2) is 11.2. The van der Waals surface area contributed by atoms with E-state index in [2.05, 4.69) is 31.2 Å². The van der Waals surface area contributed by atoms with Crippen LogP contribution in [0.1, 0.15) is 24.0 Å². The van der Waals surface area contributed by atoms with Crippen LogP contribution in [0.5, 0.6) is 17.4 Å². The molecule has 2 aromatic heterocycles. The standard InChI is InChI=1S/C30H31N7O3/c1-38-27-15-21(4-9-26(27)40-19-20-3-10-29(39-2)33-17-20)34-24-7-8-25-30(23(24)16-31)35-28(18-32-25)37-13-11-36(12-14-37)22-5-6-22/h3-4,7-10,15,17-18,22,34H,5-6,11-14,19H2,1-2H3. The van der Waals surface area contributed by atoms with Gasteiger partial charge in [-0.15, -0.1) is 0 Å². The number of nitriles is 1. The molecule has 10 nitrogen and oxygen atoms in total. The first-order valence-corrected chi connectivity index (χ1v) is 13.4. The van der Waals surface area contributed by atoms with E-state index in [-0.39, 0.29) is 0 Å². The van der Waals surface area contributed by atoms with Crippen molar-refractivity contribution in [2.45, 2.75) is 25.5 Å². The summed E-state index contributed by atoms with van der Waals surface area (Å²) in [5.74, 6) is 2.53. The summed E-state index contributed by atoms with van der Waals surface area (Å²) >= 11 is 0. The first kappa shape index (κ1) is 25.6. The third-order valence-electron chi connectivity index (χ3n) is 7.36. The van der Waals surface area contributed by atoms with E-state index in [1.54, 1.807) is 26.5 Å². The lowest BCUT2D eigenvalue weighted by atomic mass is 10.1. The maximum absolute atomic E-state index is 10.1. The summed E-state index contributed by atoms with van der Waals surface area (Å²) < 4.78 is 16.7. The highest BCUT2D eigenvalue weighted by atomic mass is 16.5. The van der Waals surface area contributed by atoms with Gasteiger partial charge in [0.1, 0.15) is 29.6 Å². The van der Waals surface area contributed by atoms with Crippen LogP contribution in [0.2, 0.25) is 0 Å². The zero-order chi connectivity index (χ0) is 27.5. The van der Waals surface area contributed by atoms with Crippen molar-refractivity contribution in [2.24, 2.45) is 0 Å². The second-order valence-electron chi connectivity index (χ2n) is 9.94. The van der Waals surface area contributed by atoms with Crippen LogP contribution in [0.4, 0.5) is 17.2 Å². The van der Waals surface area contributed by atoms with Gasteiger partial charge in [0.2, 0.25) is 5.88 Å². The summed E-state index contributed by atoms with van der Waals surface area (Å²) in [7, 11) is 3.18. The molecular formula is C30H31N7O3. The number of methoxy groups -OCH3 is 2. The van der Waals surface area contributed by atoms with Crippen molar-refractivity contribution in [2.75, 3.05) is 50.6 Å². The third-order valence-corrected chi connectivity index (χ3v) is 7.36. The van der Waals surface area contributed by atoms with Crippen molar-refractivity contribution in [1.29, 1.82) is 5.26 Å². The van der Waals surface area contributed by atoms with Crippen LogP contribution in [-0.2, 0) is 6.61 Å². The predicted molar refractivity (Wildman–Crippen MR) is 152 cm³/mol. The highest BCUT2D eigenvalue weighted by molar-refractivity contribution is 5.89. The minimum absolute atomic E-state index is 0.333. The molecule has 204 valence electrons. The molecule has 0 bridgehead atoms. The van der Waals surface area contributed by atoms with Gasteiger partial charge in [-0.3, -0.25) is 9.88 Å². The van der Waals surface area contributed by atoms with E-state index >= 15 is 0 Å². The Morgan fingerprint density at radius 3 is 2.50 bits per heavy atom. The Labute approximate surface area is 233 Å². The molecule has 0 atom stereocenters. The molecule has 0 radical (unpaired) electrons. The molecule has 1 saturated carbocycles. The molecule has 40 heavy (non-hydrogen) atoms. The van der Waals surface area contributed by atoms with Crippen LogP contribution in [0.3, 0.4) is 0 Å². The number of nitrogens with one attached hydrogen (secondary N) is 1. The Kier molecular flexibility index (Phi) is 7.21. The summed E-state index contributed by atoms with van der Waals surface area (Å²) in [5, 5.41) is 13.5. The molecule has 2 fully saturated rings. The highest BCUT2D eigenvalue weighted by Gasteiger charge is 2.31. The molecule has 1 aliphatic heterocycles. The quantitative estimate of drug-likeness (QED) is 0.327. The van der Waals surface area contributed by atoms with Crippen molar-refractivity contribution in [3.8, 4) is 23.4 Å². The van der Waals surface area contributed by atoms with Crippen LogP contribution < -0.4 is 24.4 Å². The average molecular weight is 538 g/mol. The van der Waals surface area contributed by atoms with Crippen molar-refractivity contribution in [3.05, 3.63) is 66.0 Å². The molecule has 10 heteroatoms.